The van der Waals surface area contributed by atoms with Crippen molar-refractivity contribution in [2.45, 2.75) is 0 Å². The van der Waals surface area contributed by atoms with Gasteiger partial charge in [0.2, 0.25) is 5.75 Å². The molecule has 8 nitrogen and oxygen atoms in total. The molecule has 3 rings (SSSR count). The molecule has 2 aromatic rings. The molecule has 0 unspecified atom stereocenters. The van der Waals surface area contributed by atoms with Crippen molar-refractivity contribution in [3.8, 4) is 28.7 Å². The highest BCUT2D eigenvalue weighted by Crippen LogP contribution is 2.38. The average Bonchev–Trinajstić information content (AvgIpc) is 2.72. The number of hydrogen-bond donors (Lipinski definition) is 2. The van der Waals surface area contributed by atoms with Gasteiger partial charge in [-0.2, -0.15) is 5.10 Å². The van der Waals surface area contributed by atoms with Crippen molar-refractivity contribution in [1.29, 1.82) is 5.41 Å². The maximum Gasteiger partial charge on any atom is 0.203 e. The van der Waals surface area contributed by atoms with E-state index in [0.29, 0.717) is 53.1 Å². The van der Waals surface area contributed by atoms with E-state index in [9.17, 15) is 0 Å². The third-order valence-corrected chi connectivity index (χ3v) is 4.13. The molecule has 142 valence electrons. The van der Waals surface area contributed by atoms with E-state index < -0.39 is 0 Å². The van der Waals surface area contributed by atoms with E-state index in [2.05, 4.69) is 5.10 Å². The molecule has 1 aliphatic heterocycles. The maximum atomic E-state index is 8.58. The second-order valence-electron chi connectivity index (χ2n) is 5.63. The first-order valence-electron chi connectivity index (χ1n) is 8.20. The molecule has 0 saturated heterocycles. The summed E-state index contributed by atoms with van der Waals surface area (Å²) in [7, 11) is 4.56. The molecule has 0 radical (unpaired) electrons. The van der Waals surface area contributed by atoms with E-state index >= 15 is 0 Å². The van der Waals surface area contributed by atoms with Crippen molar-refractivity contribution in [2.24, 2.45) is 10.9 Å². The highest BCUT2D eigenvalue weighted by molar-refractivity contribution is 6.52. The summed E-state index contributed by atoms with van der Waals surface area (Å²) in [5, 5.41) is 12.4. The summed E-state index contributed by atoms with van der Waals surface area (Å²) in [6.45, 7) is 0.971. The largest absolute Gasteiger partial charge is 0.493 e. The number of fused-ring (bicyclic) bond motifs is 1. The number of hydrazone groups is 1. The van der Waals surface area contributed by atoms with Crippen LogP contribution in [0, 0.1) is 5.41 Å². The van der Waals surface area contributed by atoms with Crippen LogP contribution in [-0.2, 0) is 0 Å². The van der Waals surface area contributed by atoms with Gasteiger partial charge in [-0.15, -0.1) is 0 Å². The summed E-state index contributed by atoms with van der Waals surface area (Å²) in [6.07, 6.45) is 0. The van der Waals surface area contributed by atoms with Gasteiger partial charge in [0.05, 0.1) is 27.0 Å². The first-order chi connectivity index (χ1) is 13.1. The minimum Gasteiger partial charge on any atom is -0.493 e. The lowest BCUT2D eigenvalue weighted by molar-refractivity contribution is 0.171. The first-order valence-corrected chi connectivity index (χ1v) is 8.20. The van der Waals surface area contributed by atoms with Crippen LogP contribution in [0.15, 0.2) is 35.4 Å². The highest BCUT2D eigenvalue weighted by Gasteiger charge is 2.21. The summed E-state index contributed by atoms with van der Waals surface area (Å²) < 4.78 is 27.2. The molecular formula is C19H21N3O5. The van der Waals surface area contributed by atoms with Gasteiger partial charge in [0.25, 0.3) is 0 Å². The third kappa shape index (κ3) is 3.46. The van der Waals surface area contributed by atoms with Crippen LogP contribution in [0.3, 0.4) is 0 Å². The van der Waals surface area contributed by atoms with Crippen molar-refractivity contribution >= 4 is 11.4 Å². The van der Waals surface area contributed by atoms with Crippen LogP contribution < -0.4 is 29.5 Å². The molecule has 0 amide bonds. The van der Waals surface area contributed by atoms with Gasteiger partial charge < -0.3 is 29.5 Å². The van der Waals surface area contributed by atoms with Crippen molar-refractivity contribution in [1.82, 2.24) is 0 Å². The Morgan fingerprint density at radius 3 is 2.11 bits per heavy atom. The zero-order chi connectivity index (χ0) is 19.4. The molecule has 1 heterocycles. The van der Waals surface area contributed by atoms with Gasteiger partial charge in [-0.1, -0.05) is 0 Å². The zero-order valence-electron chi connectivity index (χ0n) is 15.4. The van der Waals surface area contributed by atoms with Crippen molar-refractivity contribution in [2.75, 3.05) is 34.5 Å². The van der Waals surface area contributed by atoms with Gasteiger partial charge >= 0.3 is 0 Å². The number of nitrogens with one attached hydrogen (secondary N) is 1. The summed E-state index contributed by atoms with van der Waals surface area (Å²) in [5.41, 5.74) is 1.55. The van der Waals surface area contributed by atoms with E-state index in [-0.39, 0.29) is 11.4 Å². The highest BCUT2D eigenvalue weighted by atomic mass is 16.6. The van der Waals surface area contributed by atoms with E-state index in [4.69, 9.17) is 34.9 Å². The Morgan fingerprint density at radius 2 is 1.56 bits per heavy atom. The number of ether oxygens (including phenoxy) is 5. The predicted octanol–water partition coefficient (Wildman–Crippen LogP) is 2.21. The van der Waals surface area contributed by atoms with Crippen LogP contribution in [0.4, 0.5) is 0 Å². The Bertz CT molecular complexity index is 870. The molecule has 0 aliphatic carbocycles. The fraction of sp³-hybridized carbons (Fsp3) is 0.263. The van der Waals surface area contributed by atoms with Gasteiger partial charge in [-0.25, -0.2) is 0 Å². The number of rotatable bonds is 6. The lowest BCUT2D eigenvalue weighted by atomic mass is 9.98. The average molecular weight is 371 g/mol. The number of nitrogens with zero attached hydrogens (tertiary/aromatic N) is 1. The van der Waals surface area contributed by atoms with E-state index in [0.717, 1.165) is 0 Å². The molecule has 0 fully saturated rings. The van der Waals surface area contributed by atoms with Gasteiger partial charge in [0.1, 0.15) is 18.9 Å². The van der Waals surface area contributed by atoms with E-state index in [1.165, 1.54) is 21.3 Å². The lowest BCUT2D eigenvalue weighted by Gasteiger charge is -2.19. The molecule has 27 heavy (non-hydrogen) atoms. The molecule has 3 N–H and O–H groups in total. The van der Waals surface area contributed by atoms with Crippen LogP contribution >= 0.6 is 0 Å². The molecule has 0 bridgehead atoms. The van der Waals surface area contributed by atoms with Gasteiger partial charge in [-0.3, -0.25) is 5.41 Å². The van der Waals surface area contributed by atoms with Crippen molar-refractivity contribution in [3.05, 3.63) is 41.5 Å². The standard InChI is InChI=1S/C19H21N3O5/c1-23-15-9-12(10-16(24-2)19(15)25-3)18(22-21)17(20)11-4-5-13-14(8-11)27-7-6-26-13/h4-5,8-10,20H,6-7,21H2,1-3H3/b20-17?,22-18-. The number of nitrogens with two attached hydrogens (primary N) is 1. The zero-order valence-corrected chi connectivity index (χ0v) is 15.4. The fourth-order valence-corrected chi connectivity index (χ4v) is 2.84. The summed E-state index contributed by atoms with van der Waals surface area (Å²) in [6, 6.07) is 8.65. The molecule has 0 spiro atoms. The maximum absolute atomic E-state index is 8.58. The van der Waals surface area contributed by atoms with Crippen LogP contribution in [0.2, 0.25) is 0 Å². The predicted molar refractivity (Wildman–Crippen MR) is 101 cm³/mol. The van der Waals surface area contributed by atoms with Crippen molar-refractivity contribution < 1.29 is 23.7 Å². The van der Waals surface area contributed by atoms with Crippen LogP contribution in [-0.4, -0.2) is 46.0 Å². The summed E-state index contributed by atoms with van der Waals surface area (Å²) in [4.78, 5) is 0. The van der Waals surface area contributed by atoms with Crippen LogP contribution in [0.1, 0.15) is 11.1 Å². The van der Waals surface area contributed by atoms with Gasteiger partial charge in [-0.05, 0) is 30.3 Å². The van der Waals surface area contributed by atoms with Crippen LogP contribution in [0.25, 0.3) is 0 Å². The Labute approximate surface area is 156 Å². The molecule has 1 aliphatic rings. The normalized spacial score (nSPS) is 13.1. The summed E-state index contributed by atoms with van der Waals surface area (Å²) >= 11 is 0. The lowest BCUT2D eigenvalue weighted by Crippen LogP contribution is -2.20. The SMILES string of the molecule is COc1cc(/C(=N/N)C(=N)c2ccc3c(c2)OCCO3)cc(OC)c1OC. The second-order valence-corrected chi connectivity index (χ2v) is 5.63. The Kier molecular flexibility index (Phi) is 5.35. The quantitative estimate of drug-likeness (QED) is 0.458. The van der Waals surface area contributed by atoms with E-state index in [1.54, 1.807) is 30.3 Å². The Balaban J connectivity index is 2.01. The summed E-state index contributed by atoms with van der Waals surface area (Å²) in [5.74, 6) is 8.19. The third-order valence-electron chi connectivity index (χ3n) is 4.13. The Morgan fingerprint density at radius 1 is 0.926 bits per heavy atom. The molecule has 0 atom stereocenters. The second kappa shape index (κ2) is 7.86. The number of hydrogen-bond acceptors (Lipinski definition) is 8. The van der Waals surface area contributed by atoms with Gasteiger partial charge in [0.15, 0.2) is 23.0 Å². The molecule has 8 heteroatoms. The monoisotopic (exact) mass is 371 g/mol. The Hall–Kier alpha value is -3.42. The minimum atomic E-state index is 0.128. The van der Waals surface area contributed by atoms with Crippen molar-refractivity contribution in [3.63, 3.8) is 0 Å². The molecule has 0 saturated carbocycles. The van der Waals surface area contributed by atoms with Crippen LogP contribution in [0.5, 0.6) is 28.7 Å². The molecule has 2 aromatic carbocycles. The van der Waals surface area contributed by atoms with Gasteiger partial charge in [0, 0.05) is 11.1 Å². The smallest absolute Gasteiger partial charge is 0.203 e. The molecule has 0 aromatic heterocycles. The van der Waals surface area contributed by atoms with E-state index in [1.807, 2.05) is 0 Å². The number of benzene rings is 2. The topological polar surface area (TPSA) is 108 Å². The first kappa shape index (κ1) is 18.4. The fourth-order valence-electron chi connectivity index (χ4n) is 2.84. The minimum absolute atomic E-state index is 0.128. The number of methoxy groups -OCH3 is 3. The molecular weight excluding hydrogens is 350 g/mol.